The third kappa shape index (κ3) is 3.12. The quantitative estimate of drug-likeness (QED) is 0.884. The van der Waals surface area contributed by atoms with Crippen LogP contribution in [0.25, 0.3) is 0 Å². The minimum Gasteiger partial charge on any atom is -0.493 e. The Hall–Kier alpha value is -1.23. The summed E-state index contributed by atoms with van der Waals surface area (Å²) in [6, 6.07) is 5.33. The maximum absolute atomic E-state index is 12.7. The fraction of sp³-hybridized carbons (Fsp3) is 0.500. The number of nitrogens with one attached hydrogen (secondary N) is 1. The second-order valence-corrected chi connectivity index (χ2v) is 4.16. The first-order valence-electron chi connectivity index (χ1n) is 5.57. The van der Waals surface area contributed by atoms with E-state index in [9.17, 15) is 13.2 Å². The molecular weight excluding hydrogens is 231 g/mol. The summed E-state index contributed by atoms with van der Waals surface area (Å²) >= 11 is 0. The average molecular weight is 245 g/mol. The maximum atomic E-state index is 12.7. The van der Waals surface area contributed by atoms with Crippen molar-refractivity contribution in [2.24, 2.45) is 5.92 Å². The van der Waals surface area contributed by atoms with E-state index in [1.54, 1.807) is 6.07 Å². The second kappa shape index (κ2) is 4.96. The van der Waals surface area contributed by atoms with Crippen LogP contribution >= 0.6 is 0 Å². The van der Waals surface area contributed by atoms with Gasteiger partial charge in [-0.05, 0) is 25.1 Å². The molecule has 1 atom stereocenters. The Morgan fingerprint density at radius 3 is 2.71 bits per heavy atom. The summed E-state index contributed by atoms with van der Waals surface area (Å²) in [6.45, 7) is 2.06. The van der Waals surface area contributed by atoms with E-state index in [-0.39, 0.29) is 5.75 Å². The number of halogens is 3. The molecule has 2 rings (SSSR count). The molecule has 1 heterocycles. The molecule has 1 saturated heterocycles. The van der Waals surface area contributed by atoms with Gasteiger partial charge in [-0.25, -0.2) is 0 Å². The normalized spacial score (nSPS) is 20.5. The van der Waals surface area contributed by atoms with E-state index >= 15 is 0 Å². The fourth-order valence-corrected chi connectivity index (χ4v) is 1.89. The molecule has 1 aliphatic rings. The van der Waals surface area contributed by atoms with Gasteiger partial charge in [0.15, 0.2) is 0 Å². The Kier molecular flexibility index (Phi) is 3.57. The molecule has 1 N–H and O–H groups in total. The summed E-state index contributed by atoms with van der Waals surface area (Å²) in [5.74, 6) is 0.225. The van der Waals surface area contributed by atoms with Crippen molar-refractivity contribution in [2.45, 2.75) is 12.6 Å². The Bertz CT molecular complexity index is 372. The molecule has 1 aromatic carbocycles. The highest BCUT2D eigenvalue weighted by Crippen LogP contribution is 2.36. The summed E-state index contributed by atoms with van der Waals surface area (Å²) in [7, 11) is 0. The number of benzene rings is 1. The lowest BCUT2D eigenvalue weighted by atomic mass is 10.1. The summed E-state index contributed by atoms with van der Waals surface area (Å²) in [6.07, 6.45) is -3.40. The van der Waals surface area contributed by atoms with Gasteiger partial charge in [-0.1, -0.05) is 12.1 Å². The van der Waals surface area contributed by atoms with Gasteiger partial charge in [0, 0.05) is 12.5 Å². The molecule has 0 amide bonds. The Labute approximate surface area is 97.8 Å². The van der Waals surface area contributed by atoms with Crippen LogP contribution in [0.1, 0.15) is 12.0 Å². The van der Waals surface area contributed by atoms with E-state index in [1.165, 1.54) is 12.1 Å². The zero-order chi connectivity index (χ0) is 12.3. The minimum absolute atomic E-state index is 0.0769. The van der Waals surface area contributed by atoms with Crippen LogP contribution in [0.2, 0.25) is 0 Å². The van der Waals surface area contributed by atoms with Gasteiger partial charge in [0.1, 0.15) is 5.75 Å². The van der Waals surface area contributed by atoms with Crippen LogP contribution < -0.4 is 10.1 Å². The largest absolute Gasteiger partial charge is 0.493 e. The molecule has 1 fully saturated rings. The molecule has 94 valence electrons. The molecule has 0 aliphatic carbocycles. The van der Waals surface area contributed by atoms with Gasteiger partial charge in [-0.3, -0.25) is 0 Å². The van der Waals surface area contributed by atoms with Crippen LogP contribution in [0.15, 0.2) is 24.3 Å². The molecule has 5 heteroatoms. The topological polar surface area (TPSA) is 21.3 Å². The Balaban J connectivity index is 2.04. The molecular formula is C12H14F3NO. The van der Waals surface area contributed by atoms with E-state index in [1.807, 2.05) is 0 Å². The van der Waals surface area contributed by atoms with Crippen molar-refractivity contribution in [3.8, 4) is 5.75 Å². The maximum Gasteiger partial charge on any atom is 0.419 e. The molecule has 17 heavy (non-hydrogen) atoms. The fourth-order valence-electron chi connectivity index (χ4n) is 1.89. The first-order valence-corrected chi connectivity index (χ1v) is 5.57. The van der Waals surface area contributed by atoms with Crippen LogP contribution in [0, 0.1) is 5.92 Å². The van der Waals surface area contributed by atoms with Crippen molar-refractivity contribution in [2.75, 3.05) is 19.7 Å². The van der Waals surface area contributed by atoms with E-state index in [0.717, 1.165) is 25.6 Å². The highest BCUT2D eigenvalue weighted by atomic mass is 19.4. The highest BCUT2D eigenvalue weighted by Gasteiger charge is 2.34. The monoisotopic (exact) mass is 245 g/mol. The molecule has 0 saturated carbocycles. The summed E-state index contributed by atoms with van der Waals surface area (Å²) in [5, 5.41) is 3.15. The molecule has 0 unspecified atom stereocenters. The van der Waals surface area contributed by atoms with Crippen LogP contribution in [0.5, 0.6) is 5.75 Å². The zero-order valence-electron chi connectivity index (χ0n) is 9.26. The van der Waals surface area contributed by atoms with Crippen molar-refractivity contribution < 1.29 is 17.9 Å². The third-order valence-electron chi connectivity index (χ3n) is 2.83. The van der Waals surface area contributed by atoms with Crippen molar-refractivity contribution in [3.05, 3.63) is 29.8 Å². The number of alkyl halides is 3. The van der Waals surface area contributed by atoms with Crippen LogP contribution in [0.4, 0.5) is 13.2 Å². The zero-order valence-corrected chi connectivity index (χ0v) is 9.26. The number of ether oxygens (including phenoxy) is 1. The van der Waals surface area contributed by atoms with Gasteiger partial charge in [-0.15, -0.1) is 0 Å². The first kappa shape index (κ1) is 12.2. The molecule has 1 aliphatic heterocycles. The van der Waals surface area contributed by atoms with E-state index in [0.29, 0.717) is 12.5 Å². The van der Waals surface area contributed by atoms with Crippen LogP contribution in [-0.2, 0) is 6.18 Å². The standard InChI is InChI=1S/C12H14F3NO/c13-12(14,15)10-3-1-2-4-11(10)17-8-9-5-6-16-7-9/h1-4,9,16H,5-8H2/t9-/m0/s1. The van der Waals surface area contributed by atoms with Gasteiger partial charge in [0.2, 0.25) is 0 Å². The smallest absolute Gasteiger partial charge is 0.419 e. The van der Waals surface area contributed by atoms with Gasteiger partial charge in [0.25, 0.3) is 0 Å². The summed E-state index contributed by atoms with van der Waals surface area (Å²) in [5.41, 5.74) is -0.703. The predicted octanol–water partition coefficient (Wildman–Crippen LogP) is 2.69. The van der Waals surface area contributed by atoms with E-state index in [4.69, 9.17) is 4.74 Å². The number of para-hydroxylation sites is 1. The van der Waals surface area contributed by atoms with Crippen molar-refractivity contribution in [3.63, 3.8) is 0 Å². The van der Waals surface area contributed by atoms with Crippen molar-refractivity contribution in [1.29, 1.82) is 0 Å². The molecule has 0 bridgehead atoms. The molecule has 1 aromatic rings. The second-order valence-electron chi connectivity index (χ2n) is 4.16. The number of rotatable bonds is 3. The van der Waals surface area contributed by atoms with E-state index in [2.05, 4.69) is 5.32 Å². The molecule has 0 spiro atoms. The van der Waals surface area contributed by atoms with E-state index < -0.39 is 11.7 Å². The number of hydrogen-bond acceptors (Lipinski definition) is 2. The lowest BCUT2D eigenvalue weighted by molar-refractivity contribution is -0.139. The first-order chi connectivity index (χ1) is 8.07. The Morgan fingerprint density at radius 2 is 2.06 bits per heavy atom. The predicted molar refractivity (Wildman–Crippen MR) is 57.9 cm³/mol. The third-order valence-corrected chi connectivity index (χ3v) is 2.83. The minimum atomic E-state index is -4.36. The summed E-state index contributed by atoms with van der Waals surface area (Å²) in [4.78, 5) is 0. The lowest BCUT2D eigenvalue weighted by Gasteiger charge is -2.15. The highest BCUT2D eigenvalue weighted by molar-refractivity contribution is 5.35. The van der Waals surface area contributed by atoms with Crippen LogP contribution in [0.3, 0.4) is 0 Å². The van der Waals surface area contributed by atoms with Gasteiger partial charge in [0.05, 0.1) is 12.2 Å². The van der Waals surface area contributed by atoms with Gasteiger partial charge < -0.3 is 10.1 Å². The van der Waals surface area contributed by atoms with Gasteiger partial charge in [-0.2, -0.15) is 13.2 Å². The van der Waals surface area contributed by atoms with Crippen LogP contribution in [-0.4, -0.2) is 19.7 Å². The average Bonchev–Trinajstić information content (AvgIpc) is 2.78. The molecule has 2 nitrogen and oxygen atoms in total. The SMILES string of the molecule is FC(F)(F)c1ccccc1OC[C@H]1CCNC1. The van der Waals surface area contributed by atoms with Gasteiger partial charge >= 0.3 is 6.18 Å². The van der Waals surface area contributed by atoms with Crippen molar-refractivity contribution >= 4 is 0 Å². The lowest BCUT2D eigenvalue weighted by Crippen LogP contribution is -2.17. The summed E-state index contributed by atoms with van der Waals surface area (Å²) < 4.78 is 43.3. The molecule has 0 aromatic heterocycles. The molecule has 0 radical (unpaired) electrons. The number of hydrogen-bond donors (Lipinski definition) is 1. The van der Waals surface area contributed by atoms with Crippen molar-refractivity contribution in [1.82, 2.24) is 5.32 Å². The Morgan fingerprint density at radius 1 is 1.29 bits per heavy atom.